The molecule has 0 spiro atoms. The monoisotopic (exact) mass is 124 g/mol. The van der Waals surface area contributed by atoms with Crippen LogP contribution in [0.25, 0.3) is 0 Å². The van der Waals surface area contributed by atoms with Gasteiger partial charge in [0.25, 0.3) is 0 Å². The van der Waals surface area contributed by atoms with E-state index in [9.17, 15) is 5.11 Å². The quantitative estimate of drug-likeness (QED) is 0.487. The van der Waals surface area contributed by atoms with Crippen molar-refractivity contribution >= 4 is 0 Å². The van der Waals surface area contributed by atoms with E-state index >= 15 is 0 Å². The molecule has 9 heavy (non-hydrogen) atoms. The van der Waals surface area contributed by atoms with Crippen molar-refractivity contribution in [2.45, 2.75) is 26.4 Å². The molecule has 50 valence electrons. The Labute approximate surface area is 55.7 Å². The molecule has 1 nitrogen and oxygen atoms in total. The lowest BCUT2D eigenvalue weighted by molar-refractivity contribution is 0.261. The molecule has 0 aromatic rings. The second-order valence-electron chi connectivity index (χ2n) is 2.60. The fourth-order valence-corrected chi connectivity index (χ4v) is 1.06. The Hall–Kier alpha value is -0.560. The van der Waals surface area contributed by atoms with E-state index in [0.29, 0.717) is 0 Å². The molecule has 0 amide bonds. The van der Waals surface area contributed by atoms with Gasteiger partial charge in [0.2, 0.25) is 0 Å². The second-order valence-corrected chi connectivity index (χ2v) is 2.60. The first-order valence-electron chi connectivity index (χ1n) is 3.23. The Kier molecular flexibility index (Phi) is 1.72. The van der Waals surface area contributed by atoms with Crippen LogP contribution in [0, 0.1) is 0 Å². The summed E-state index contributed by atoms with van der Waals surface area (Å²) in [6, 6.07) is 0. The van der Waals surface area contributed by atoms with E-state index < -0.39 is 0 Å². The fraction of sp³-hybridized carbons (Fsp3) is 0.500. The topological polar surface area (TPSA) is 20.2 Å². The smallest absolute Gasteiger partial charge is 0.0937 e. The molecule has 0 saturated heterocycles. The summed E-state index contributed by atoms with van der Waals surface area (Å²) in [6.07, 6.45) is 4.48. The first kappa shape index (κ1) is 6.56. The summed E-state index contributed by atoms with van der Waals surface area (Å²) in [5.74, 6) is 0. The van der Waals surface area contributed by atoms with E-state index in [4.69, 9.17) is 0 Å². The SMILES string of the molecule is CC(C)=C1CC=CC1O. The maximum absolute atomic E-state index is 9.21. The van der Waals surface area contributed by atoms with E-state index in [1.807, 2.05) is 26.0 Å². The third kappa shape index (κ3) is 1.22. The Morgan fingerprint density at radius 2 is 2.33 bits per heavy atom. The van der Waals surface area contributed by atoms with E-state index in [1.165, 1.54) is 5.57 Å². The number of allylic oxidation sites excluding steroid dienone is 2. The summed E-state index contributed by atoms with van der Waals surface area (Å²) < 4.78 is 0. The van der Waals surface area contributed by atoms with Crippen LogP contribution in [0.3, 0.4) is 0 Å². The molecule has 0 radical (unpaired) electrons. The first-order chi connectivity index (χ1) is 4.22. The summed E-state index contributed by atoms with van der Waals surface area (Å²) in [6.45, 7) is 4.07. The molecule has 0 heterocycles. The lowest BCUT2D eigenvalue weighted by Gasteiger charge is -2.04. The zero-order chi connectivity index (χ0) is 6.85. The van der Waals surface area contributed by atoms with Crippen molar-refractivity contribution in [3.05, 3.63) is 23.3 Å². The van der Waals surface area contributed by atoms with Gasteiger partial charge in [-0.1, -0.05) is 17.7 Å². The minimum atomic E-state index is -0.296. The van der Waals surface area contributed by atoms with Crippen LogP contribution in [-0.2, 0) is 0 Å². The van der Waals surface area contributed by atoms with Crippen molar-refractivity contribution in [1.29, 1.82) is 0 Å². The maximum Gasteiger partial charge on any atom is 0.0937 e. The predicted molar refractivity (Wildman–Crippen MR) is 38.1 cm³/mol. The van der Waals surface area contributed by atoms with Gasteiger partial charge in [-0.3, -0.25) is 0 Å². The zero-order valence-corrected chi connectivity index (χ0v) is 5.89. The van der Waals surface area contributed by atoms with Gasteiger partial charge in [-0.2, -0.15) is 0 Å². The molecule has 1 heteroatoms. The van der Waals surface area contributed by atoms with Crippen molar-refractivity contribution in [2.24, 2.45) is 0 Å². The molecule has 0 fully saturated rings. The Bertz CT molecular complexity index is 161. The van der Waals surface area contributed by atoms with Gasteiger partial charge in [-0.05, 0) is 25.8 Å². The molecule has 1 unspecified atom stereocenters. The molecular weight excluding hydrogens is 112 g/mol. The standard InChI is InChI=1S/C8H12O/c1-6(2)7-4-3-5-8(7)9/h3,5,8-9H,4H2,1-2H3. The number of rotatable bonds is 0. The van der Waals surface area contributed by atoms with Crippen molar-refractivity contribution in [2.75, 3.05) is 0 Å². The summed E-state index contributed by atoms with van der Waals surface area (Å²) in [7, 11) is 0. The number of hydrogen-bond acceptors (Lipinski definition) is 1. The third-order valence-corrected chi connectivity index (χ3v) is 1.66. The fourth-order valence-electron chi connectivity index (χ4n) is 1.06. The van der Waals surface area contributed by atoms with Crippen molar-refractivity contribution in [3.63, 3.8) is 0 Å². The highest BCUT2D eigenvalue weighted by molar-refractivity contribution is 5.28. The van der Waals surface area contributed by atoms with E-state index in [-0.39, 0.29) is 6.10 Å². The van der Waals surface area contributed by atoms with Crippen molar-refractivity contribution in [1.82, 2.24) is 0 Å². The summed E-state index contributed by atoms with van der Waals surface area (Å²) >= 11 is 0. The summed E-state index contributed by atoms with van der Waals surface area (Å²) in [5, 5.41) is 9.21. The highest BCUT2D eigenvalue weighted by Gasteiger charge is 2.11. The molecule has 0 aliphatic heterocycles. The van der Waals surface area contributed by atoms with Gasteiger partial charge in [0.15, 0.2) is 0 Å². The van der Waals surface area contributed by atoms with Crippen molar-refractivity contribution < 1.29 is 5.11 Å². The van der Waals surface area contributed by atoms with Gasteiger partial charge >= 0.3 is 0 Å². The van der Waals surface area contributed by atoms with Crippen LogP contribution >= 0.6 is 0 Å². The zero-order valence-electron chi connectivity index (χ0n) is 5.89. The lowest BCUT2D eigenvalue weighted by atomic mass is 10.1. The largest absolute Gasteiger partial charge is 0.385 e. The molecule has 0 aromatic heterocycles. The molecule has 0 bridgehead atoms. The van der Waals surface area contributed by atoms with Crippen LogP contribution in [0.5, 0.6) is 0 Å². The molecule has 1 aliphatic carbocycles. The minimum absolute atomic E-state index is 0.296. The van der Waals surface area contributed by atoms with Crippen molar-refractivity contribution in [3.8, 4) is 0 Å². The maximum atomic E-state index is 9.21. The third-order valence-electron chi connectivity index (χ3n) is 1.66. The Morgan fingerprint density at radius 3 is 2.56 bits per heavy atom. The normalized spacial score (nSPS) is 25.2. The van der Waals surface area contributed by atoms with Crippen LogP contribution in [-0.4, -0.2) is 11.2 Å². The number of aliphatic hydroxyl groups is 1. The molecule has 1 N–H and O–H groups in total. The number of hydrogen-bond donors (Lipinski definition) is 1. The molecule has 0 saturated carbocycles. The lowest BCUT2D eigenvalue weighted by Crippen LogP contribution is -2.01. The Balaban J connectivity index is 2.77. The first-order valence-corrected chi connectivity index (χ1v) is 3.23. The highest BCUT2D eigenvalue weighted by Crippen LogP contribution is 2.20. The molecule has 1 rings (SSSR count). The van der Waals surface area contributed by atoms with Crippen LogP contribution in [0.2, 0.25) is 0 Å². The second kappa shape index (κ2) is 2.36. The van der Waals surface area contributed by atoms with Crippen LogP contribution in [0.4, 0.5) is 0 Å². The summed E-state index contributed by atoms with van der Waals surface area (Å²) in [4.78, 5) is 0. The number of aliphatic hydroxyl groups excluding tert-OH is 1. The molecular formula is C8H12O. The highest BCUT2D eigenvalue weighted by atomic mass is 16.3. The average Bonchev–Trinajstić information content (AvgIpc) is 2.13. The minimum Gasteiger partial charge on any atom is -0.385 e. The predicted octanol–water partition coefficient (Wildman–Crippen LogP) is 1.64. The van der Waals surface area contributed by atoms with E-state index in [1.54, 1.807) is 0 Å². The van der Waals surface area contributed by atoms with Gasteiger partial charge in [-0.25, -0.2) is 0 Å². The molecule has 1 atom stereocenters. The average molecular weight is 124 g/mol. The van der Waals surface area contributed by atoms with Gasteiger partial charge in [0, 0.05) is 0 Å². The van der Waals surface area contributed by atoms with Gasteiger partial charge < -0.3 is 5.11 Å². The van der Waals surface area contributed by atoms with Crippen LogP contribution in [0.1, 0.15) is 20.3 Å². The summed E-state index contributed by atoms with van der Waals surface area (Å²) in [5.41, 5.74) is 2.41. The van der Waals surface area contributed by atoms with Crippen LogP contribution in [0.15, 0.2) is 23.3 Å². The molecule has 0 aromatic carbocycles. The van der Waals surface area contributed by atoms with E-state index in [0.717, 1.165) is 12.0 Å². The van der Waals surface area contributed by atoms with Gasteiger partial charge in [0.05, 0.1) is 6.10 Å². The van der Waals surface area contributed by atoms with E-state index in [2.05, 4.69) is 0 Å². The Morgan fingerprint density at radius 1 is 1.67 bits per heavy atom. The van der Waals surface area contributed by atoms with Crippen LogP contribution < -0.4 is 0 Å². The molecule has 1 aliphatic rings. The van der Waals surface area contributed by atoms with Gasteiger partial charge in [0.1, 0.15) is 0 Å². The van der Waals surface area contributed by atoms with Gasteiger partial charge in [-0.15, -0.1) is 0 Å².